The molecule has 0 saturated carbocycles. The smallest absolute Gasteiger partial charge is 0.275 e. The van der Waals surface area contributed by atoms with Gasteiger partial charge in [0, 0.05) is 15.6 Å². The molecule has 0 unspecified atom stereocenters. The molecular weight excluding hydrogens is 231 g/mol. The number of aliphatic hydroxyl groups is 1. The Balaban J connectivity index is 2.77. The summed E-state index contributed by atoms with van der Waals surface area (Å²) in [7, 11) is 0. The maximum Gasteiger partial charge on any atom is 0.275 e. The van der Waals surface area contributed by atoms with Crippen molar-refractivity contribution in [3.05, 3.63) is 34.5 Å². The minimum Gasteiger partial charge on any atom is -0.392 e. The molecule has 0 fully saturated rings. The van der Waals surface area contributed by atoms with Crippen LogP contribution in [0.4, 0.5) is 4.39 Å². The Hall–Kier alpha value is -1.50. The van der Waals surface area contributed by atoms with Gasteiger partial charge in [-0.15, -0.1) is 11.3 Å². The number of thiophene rings is 1. The van der Waals surface area contributed by atoms with E-state index in [1.54, 1.807) is 12.1 Å². The van der Waals surface area contributed by atoms with Crippen LogP contribution in [0.15, 0.2) is 18.2 Å². The van der Waals surface area contributed by atoms with Crippen LogP contribution in [0.2, 0.25) is 0 Å². The highest BCUT2D eigenvalue weighted by Crippen LogP contribution is 2.33. The van der Waals surface area contributed by atoms with Crippen LogP contribution in [-0.4, -0.2) is 11.0 Å². The van der Waals surface area contributed by atoms with Crippen LogP contribution in [0.3, 0.4) is 0 Å². The van der Waals surface area contributed by atoms with Crippen LogP contribution in [0.25, 0.3) is 10.1 Å². The number of aliphatic hydroxyl groups excluding tert-OH is 1. The molecule has 0 radical (unpaired) electrons. The Labute approximate surface area is 94.5 Å². The fourth-order valence-electron chi connectivity index (χ4n) is 1.57. The van der Waals surface area contributed by atoms with Crippen molar-refractivity contribution in [2.45, 2.75) is 6.61 Å². The Kier molecular flexibility index (Phi) is 2.86. The number of nitrogens with two attached hydrogens (primary N) is 1. The average Bonchev–Trinajstić information content (AvgIpc) is 2.68. The molecule has 0 aliphatic heterocycles. The van der Waals surface area contributed by atoms with E-state index >= 15 is 0 Å². The number of hydrogen-bond donors (Lipinski definition) is 3. The fraction of sp³-hybridized carbons (Fsp3) is 0.100. The molecule has 2 rings (SSSR count). The molecular formula is C10H9FN2O2S. The number of carbonyl (C=O) groups is 1. The van der Waals surface area contributed by atoms with Gasteiger partial charge >= 0.3 is 0 Å². The van der Waals surface area contributed by atoms with E-state index in [4.69, 9.17) is 5.84 Å². The molecule has 0 saturated heterocycles. The number of nitrogen functional groups attached to an aromatic ring is 1. The normalized spacial score (nSPS) is 10.7. The second-order valence-corrected chi connectivity index (χ2v) is 4.21. The molecule has 1 amide bonds. The zero-order chi connectivity index (χ0) is 11.7. The molecule has 6 heteroatoms. The second-order valence-electron chi connectivity index (χ2n) is 3.15. The van der Waals surface area contributed by atoms with Gasteiger partial charge in [0.05, 0.1) is 6.61 Å². The van der Waals surface area contributed by atoms with Crippen molar-refractivity contribution < 1.29 is 14.3 Å². The first-order chi connectivity index (χ1) is 7.69. The van der Waals surface area contributed by atoms with Crippen LogP contribution in [-0.2, 0) is 6.61 Å². The van der Waals surface area contributed by atoms with E-state index in [0.29, 0.717) is 4.70 Å². The van der Waals surface area contributed by atoms with Crippen LogP contribution in [0.1, 0.15) is 15.2 Å². The van der Waals surface area contributed by atoms with Gasteiger partial charge in [0.15, 0.2) is 0 Å². The number of hydrogen-bond acceptors (Lipinski definition) is 4. The highest BCUT2D eigenvalue weighted by atomic mass is 32.1. The predicted molar refractivity (Wildman–Crippen MR) is 59.4 cm³/mol. The lowest BCUT2D eigenvalue weighted by molar-refractivity contribution is 0.0955. The quantitative estimate of drug-likeness (QED) is 0.418. The fourth-order valence-corrected chi connectivity index (χ4v) is 2.70. The number of fused-ring (bicyclic) bond motifs is 1. The molecule has 2 aromatic rings. The van der Waals surface area contributed by atoms with Crippen molar-refractivity contribution in [2.24, 2.45) is 5.84 Å². The maximum absolute atomic E-state index is 13.5. The van der Waals surface area contributed by atoms with Gasteiger partial charge in [-0.1, -0.05) is 6.07 Å². The third-order valence-electron chi connectivity index (χ3n) is 2.26. The number of halogens is 1. The van der Waals surface area contributed by atoms with Gasteiger partial charge in [0.25, 0.3) is 5.91 Å². The van der Waals surface area contributed by atoms with Gasteiger partial charge < -0.3 is 5.11 Å². The summed E-state index contributed by atoms with van der Waals surface area (Å²) in [6.45, 7) is -0.399. The van der Waals surface area contributed by atoms with Gasteiger partial charge in [-0.2, -0.15) is 0 Å². The molecule has 1 heterocycles. The summed E-state index contributed by atoms with van der Waals surface area (Å²) >= 11 is 1.10. The molecule has 1 aromatic carbocycles. The zero-order valence-corrected chi connectivity index (χ0v) is 8.97. The summed E-state index contributed by atoms with van der Waals surface area (Å²) in [4.78, 5) is 11.7. The molecule has 0 aliphatic carbocycles. The van der Waals surface area contributed by atoms with E-state index in [1.807, 2.05) is 5.43 Å². The van der Waals surface area contributed by atoms with Gasteiger partial charge in [-0.05, 0) is 12.1 Å². The molecule has 4 N–H and O–H groups in total. The van der Waals surface area contributed by atoms with E-state index in [-0.39, 0.29) is 15.8 Å². The number of nitrogens with one attached hydrogen (secondary N) is 1. The lowest BCUT2D eigenvalue weighted by Gasteiger charge is -1.99. The van der Waals surface area contributed by atoms with E-state index in [1.165, 1.54) is 6.07 Å². The van der Waals surface area contributed by atoms with Crippen LogP contribution in [0.5, 0.6) is 0 Å². The SMILES string of the molecule is NNC(=O)c1sc2cccc(F)c2c1CO. The maximum atomic E-state index is 13.5. The topological polar surface area (TPSA) is 75.3 Å². The summed E-state index contributed by atoms with van der Waals surface area (Å²) in [5, 5.41) is 9.48. The summed E-state index contributed by atoms with van der Waals surface area (Å²) in [5.74, 6) is 4.05. The highest BCUT2D eigenvalue weighted by Gasteiger charge is 2.19. The van der Waals surface area contributed by atoms with Gasteiger partial charge in [-0.3, -0.25) is 10.2 Å². The molecule has 0 spiro atoms. The lowest BCUT2D eigenvalue weighted by Crippen LogP contribution is -2.29. The zero-order valence-electron chi connectivity index (χ0n) is 8.16. The number of carbonyl (C=O) groups excluding carboxylic acids is 1. The van der Waals surface area contributed by atoms with Crippen molar-refractivity contribution in [1.82, 2.24) is 5.43 Å². The van der Waals surface area contributed by atoms with Gasteiger partial charge in [0.2, 0.25) is 0 Å². The molecule has 0 aliphatic rings. The first-order valence-electron chi connectivity index (χ1n) is 4.50. The van der Waals surface area contributed by atoms with Crippen LogP contribution >= 0.6 is 11.3 Å². The van der Waals surface area contributed by atoms with E-state index in [9.17, 15) is 14.3 Å². The van der Waals surface area contributed by atoms with E-state index in [0.717, 1.165) is 11.3 Å². The average molecular weight is 240 g/mol. The van der Waals surface area contributed by atoms with Gasteiger partial charge in [0.1, 0.15) is 10.7 Å². The predicted octanol–water partition coefficient (Wildman–Crippen LogP) is 1.14. The first-order valence-corrected chi connectivity index (χ1v) is 5.32. The lowest BCUT2D eigenvalue weighted by atomic mass is 10.1. The Morgan fingerprint density at radius 1 is 1.56 bits per heavy atom. The van der Waals surface area contributed by atoms with Crippen molar-refractivity contribution in [3.8, 4) is 0 Å². The largest absolute Gasteiger partial charge is 0.392 e. The second kappa shape index (κ2) is 4.17. The van der Waals surface area contributed by atoms with Crippen LogP contribution < -0.4 is 11.3 Å². The first kappa shape index (κ1) is 11.0. The molecule has 84 valence electrons. The molecule has 0 atom stereocenters. The molecule has 16 heavy (non-hydrogen) atoms. The molecule has 1 aromatic heterocycles. The number of benzene rings is 1. The summed E-state index contributed by atoms with van der Waals surface area (Å²) < 4.78 is 14.2. The third kappa shape index (κ3) is 1.57. The summed E-state index contributed by atoms with van der Waals surface area (Å²) in [6.07, 6.45) is 0. The van der Waals surface area contributed by atoms with E-state index in [2.05, 4.69) is 0 Å². The monoisotopic (exact) mass is 240 g/mol. The highest BCUT2D eigenvalue weighted by molar-refractivity contribution is 7.21. The van der Waals surface area contributed by atoms with Crippen molar-refractivity contribution in [1.29, 1.82) is 0 Å². The Bertz CT molecular complexity index is 553. The number of amides is 1. The van der Waals surface area contributed by atoms with Crippen LogP contribution in [0, 0.1) is 5.82 Å². The van der Waals surface area contributed by atoms with Crippen molar-refractivity contribution in [3.63, 3.8) is 0 Å². The number of rotatable bonds is 2. The summed E-state index contributed by atoms with van der Waals surface area (Å²) in [5.41, 5.74) is 2.25. The standard InChI is InChI=1S/C10H9FN2O2S/c11-6-2-1-3-7-8(6)5(4-14)9(16-7)10(15)13-12/h1-3,14H,4,12H2,(H,13,15). The molecule has 4 nitrogen and oxygen atoms in total. The van der Waals surface area contributed by atoms with E-state index < -0.39 is 18.3 Å². The van der Waals surface area contributed by atoms with Gasteiger partial charge in [-0.25, -0.2) is 10.2 Å². The van der Waals surface area contributed by atoms with Crippen molar-refractivity contribution in [2.75, 3.05) is 0 Å². The number of hydrazine groups is 1. The Morgan fingerprint density at radius 3 is 2.94 bits per heavy atom. The minimum atomic E-state index is -0.523. The third-order valence-corrected chi connectivity index (χ3v) is 3.45. The minimum absolute atomic E-state index is 0.241. The van der Waals surface area contributed by atoms with Crippen molar-refractivity contribution >= 4 is 27.3 Å². The Morgan fingerprint density at radius 2 is 2.31 bits per heavy atom. The summed E-state index contributed by atoms with van der Waals surface area (Å²) in [6, 6.07) is 4.54. The molecule has 0 bridgehead atoms.